The summed E-state index contributed by atoms with van der Waals surface area (Å²) in [5, 5.41) is 17.8. The molecule has 4 nitrogen and oxygen atoms in total. The van der Waals surface area contributed by atoms with E-state index in [0.717, 1.165) is 0 Å². The Morgan fingerprint density at radius 1 is 1.55 bits per heavy atom. The standard InChI is InChI=1S/C7H12O4/c1-11-6-3-4(7(9)10)2-5(6)8/h4-6,8H,2-3H2,1H3,(H,9,10)/t4-,5+,6+/m1/s1. The smallest absolute Gasteiger partial charge is 0.306 e. The number of carboxylic acids is 1. The normalized spacial score (nSPS) is 37.5. The molecule has 1 rings (SSSR count). The predicted molar refractivity (Wildman–Crippen MR) is 37.2 cm³/mol. The fourth-order valence-corrected chi connectivity index (χ4v) is 1.43. The van der Waals surface area contributed by atoms with Crippen molar-refractivity contribution >= 4 is 5.97 Å². The fraction of sp³-hybridized carbons (Fsp3) is 0.857. The molecule has 0 bridgehead atoms. The summed E-state index contributed by atoms with van der Waals surface area (Å²) < 4.78 is 4.89. The number of rotatable bonds is 2. The van der Waals surface area contributed by atoms with E-state index >= 15 is 0 Å². The van der Waals surface area contributed by atoms with Crippen LogP contribution < -0.4 is 0 Å². The number of methoxy groups -OCH3 is 1. The van der Waals surface area contributed by atoms with E-state index in [-0.39, 0.29) is 6.10 Å². The molecule has 2 N–H and O–H groups in total. The Hall–Kier alpha value is -0.610. The molecule has 1 aliphatic carbocycles. The number of hydrogen-bond donors (Lipinski definition) is 2. The Morgan fingerprint density at radius 2 is 2.18 bits per heavy atom. The molecule has 0 unspecified atom stereocenters. The number of hydrogen-bond acceptors (Lipinski definition) is 3. The van der Waals surface area contributed by atoms with Crippen molar-refractivity contribution in [2.24, 2.45) is 5.92 Å². The topological polar surface area (TPSA) is 66.8 Å². The molecule has 0 heterocycles. The second kappa shape index (κ2) is 3.19. The maximum atomic E-state index is 10.4. The second-order valence-electron chi connectivity index (χ2n) is 2.85. The quantitative estimate of drug-likeness (QED) is 0.590. The largest absolute Gasteiger partial charge is 0.481 e. The van der Waals surface area contributed by atoms with E-state index < -0.39 is 18.0 Å². The lowest BCUT2D eigenvalue weighted by molar-refractivity contribution is -0.141. The van der Waals surface area contributed by atoms with Crippen LogP contribution in [-0.4, -0.2) is 35.5 Å². The van der Waals surface area contributed by atoms with E-state index in [2.05, 4.69) is 0 Å². The minimum Gasteiger partial charge on any atom is -0.481 e. The summed E-state index contributed by atoms with van der Waals surface area (Å²) in [5.74, 6) is -1.28. The first-order chi connectivity index (χ1) is 5.15. The lowest BCUT2D eigenvalue weighted by Crippen LogP contribution is -2.20. The van der Waals surface area contributed by atoms with Gasteiger partial charge in [-0.3, -0.25) is 4.79 Å². The van der Waals surface area contributed by atoms with Crippen molar-refractivity contribution in [2.75, 3.05) is 7.11 Å². The van der Waals surface area contributed by atoms with Crippen LogP contribution in [0.5, 0.6) is 0 Å². The van der Waals surface area contributed by atoms with Crippen molar-refractivity contribution in [3.8, 4) is 0 Å². The highest BCUT2D eigenvalue weighted by atomic mass is 16.5. The number of ether oxygens (including phenoxy) is 1. The molecule has 0 aliphatic heterocycles. The van der Waals surface area contributed by atoms with Gasteiger partial charge in [-0.05, 0) is 12.8 Å². The highest BCUT2D eigenvalue weighted by Gasteiger charge is 2.36. The highest BCUT2D eigenvalue weighted by Crippen LogP contribution is 2.27. The molecule has 64 valence electrons. The number of aliphatic hydroxyl groups is 1. The molecule has 1 saturated carbocycles. The lowest BCUT2D eigenvalue weighted by atomic mass is 10.1. The van der Waals surface area contributed by atoms with Gasteiger partial charge >= 0.3 is 5.97 Å². The average molecular weight is 160 g/mol. The minimum absolute atomic E-state index is 0.295. The summed E-state index contributed by atoms with van der Waals surface area (Å²) in [6.07, 6.45) is -0.168. The summed E-state index contributed by atoms with van der Waals surface area (Å²) in [7, 11) is 1.48. The Kier molecular flexibility index (Phi) is 2.46. The maximum Gasteiger partial charge on any atom is 0.306 e. The molecule has 0 aromatic rings. The molecule has 0 radical (unpaired) electrons. The monoisotopic (exact) mass is 160 g/mol. The fourth-order valence-electron chi connectivity index (χ4n) is 1.43. The SMILES string of the molecule is CO[C@H]1C[C@H](C(=O)O)C[C@@H]1O. The van der Waals surface area contributed by atoms with E-state index in [1.165, 1.54) is 7.11 Å². The third kappa shape index (κ3) is 1.70. The van der Waals surface area contributed by atoms with Gasteiger partial charge in [-0.2, -0.15) is 0 Å². The average Bonchev–Trinajstić information content (AvgIpc) is 2.31. The maximum absolute atomic E-state index is 10.4. The Labute approximate surface area is 64.8 Å². The van der Waals surface area contributed by atoms with Gasteiger partial charge in [-0.25, -0.2) is 0 Å². The Balaban J connectivity index is 2.49. The summed E-state index contributed by atoms with van der Waals surface area (Å²) in [6, 6.07) is 0. The molecular formula is C7H12O4. The lowest BCUT2D eigenvalue weighted by Gasteiger charge is -2.10. The van der Waals surface area contributed by atoms with Crippen LogP contribution in [0.1, 0.15) is 12.8 Å². The molecule has 1 aliphatic rings. The van der Waals surface area contributed by atoms with Crippen molar-refractivity contribution in [3.63, 3.8) is 0 Å². The van der Waals surface area contributed by atoms with Crippen molar-refractivity contribution in [2.45, 2.75) is 25.0 Å². The highest BCUT2D eigenvalue weighted by molar-refractivity contribution is 5.70. The molecule has 0 aromatic heterocycles. The van der Waals surface area contributed by atoms with Crippen molar-refractivity contribution < 1.29 is 19.7 Å². The van der Waals surface area contributed by atoms with Crippen LogP contribution in [0.2, 0.25) is 0 Å². The van der Waals surface area contributed by atoms with Crippen molar-refractivity contribution in [3.05, 3.63) is 0 Å². The third-order valence-corrected chi connectivity index (χ3v) is 2.12. The number of carbonyl (C=O) groups is 1. The summed E-state index contributed by atoms with van der Waals surface area (Å²) in [6.45, 7) is 0. The Morgan fingerprint density at radius 3 is 2.45 bits per heavy atom. The van der Waals surface area contributed by atoms with Gasteiger partial charge in [0.15, 0.2) is 0 Å². The van der Waals surface area contributed by atoms with Gasteiger partial charge in [0.05, 0.1) is 18.1 Å². The van der Waals surface area contributed by atoms with Crippen LogP contribution in [0.15, 0.2) is 0 Å². The van der Waals surface area contributed by atoms with Crippen LogP contribution in [0.3, 0.4) is 0 Å². The first kappa shape index (κ1) is 8.49. The van der Waals surface area contributed by atoms with Gasteiger partial charge < -0.3 is 14.9 Å². The molecule has 4 heteroatoms. The summed E-state index contributed by atoms with van der Waals surface area (Å²) in [5.41, 5.74) is 0. The summed E-state index contributed by atoms with van der Waals surface area (Å²) >= 11 is 0. The van der Waals surface area contributed by atoms with Crippen molar-refractivity contribution in [1.82, 2.24) is 0 Å². The molecule has 3 atom stereocenters. The van der Waals surface area contributed by atoms with Gasteiger partial charge in [0.2, 0.25) is 0 Å². The zero-order valence-electron chi connectivity index (χ0n) is 6.36. The molecule has 1 fully saturated rings. The molecule has 11 heavy (non-hydrogen) atoms. The molecule has 0 saturated heterocycles. The third-order valence-electron chi connectivity index (χ3n) is 2.12. The molecule has 0 amide bonds. The van der Waals surface area contributed by atoms with Crippen LogP contribution in [0.25, 0.3) is 0 Å². The molecular weight excluding hydrogens is 148 g/mol. The number of aliphatic carboxylic acids is 1. The zero-order valence-corrected chi connectivity index (χ0v) is 6.36. The van der Waals surface area contributed by atoms with E-state index in [1.807, 2.05) is 0 Å². The number of carboxylic acid groups (broad SMARTS) is 1. The van der Waals surface area contributed by atoms with Gasteiger partial charge in [0, 0.05) is 7.11 Å². The second-order valence-corrected chi connectivity index (χ2v) is 2.85. The van der Waals surface area contributed by atoms with Gasteiger partial charge in [-0.1, -0.05) is 0 Å². The van der Waals surface area contributed by atoms with E-state index in [0.29, 0.717) is 12.8 Å². The van der Waals surface area contributed by atoms with Gasteiger partial charge in [0.1, 0.15) is 0 Å². The summed E-state index contributed by atoms with van der Waals surface area (Å²) in [4.78, 5) is 10.4. The predicted octanol–water partition coefficient (Wildman–Crippen LogP) is -0.143. The first-order valence-electron chi connectivity index (χ1n) is 3.58. The van der Waals surface area contributed by atoms with E-state index in [9.17, 15) is 9.90 Å². The van der Waals surface area contributed by atoms with Gasteiger partial charge in [-0.15, -0.1) is 0 Å². The first-order valence-corrected chi connectivity index (χ1v) is 3.58. The molecule has 0 aromatic carbocycles. The number of aliphatic hydroxyl groups excluding tert-OH is 1. The van der Waals surface area contributed by atoms with Gasteiger partial charge in [0.25, 0.3) is 0 Å². The Bertz CT molecular complexity index is 157. The van der Waals surface area contributed by atoms with Crippen LogP contribution in [-0.2, 0) is 9.53 Å². The molecule has 0 spiro atoms. The van der Waals surface area contributed by atoms with E-state index in [1.54, 1.807) is 0 Å². The van der Waals surface area contributed by atoms with Crippen molar-refractivity contribution in [1.29, 1.82) is 0 Å². The minimum atomic E-state index is -0.844. The van der Waals surface area contributed by atoms with Crippen LogP contribution in [0, 0.1) is 5.92 Å². The van der Waals surface area contributed by atoms with Crippen LogP contribution in [0.4, 0.5) is 0 Å². The van der Waals surface area contributed by atoms with Crippen LogP contribution >= 0.6 is 0 Å². The van der Waals surface area contributed by atoms with E-state index in [4.69, 9.17) is 9.84 Å². The zero-order chi connectivity index (χ0) is 8.43.